The van der Waals surface area contributed by atoms with E-state index in [0.29, 0.717) is 10.6 Å². The van der Waals surface area contributed by atoms with Gasteiger partial charge in [-0.3, -0.25) is 0 Å². The number of sulfonamides is 1. The average molecular weight is 402 g/mol. The van der Waals surface area contributed by atoms with E-state index in [1.807, 2.05) is 38.1 Å². The molecule has 0 spiro atoms. The lowest BCUT2D eigenvalue weighted by Crippen LogP contribution is -2.41. The van der Waals surface area contributed by atoms with Crippen molar-refractivity contribution >= 4 is 37.3 Å². The van der Waals surface area contributed by atoms with Gasteiger partial charge >= 0.3 is 0 Å². The Morgan fingerprint density at radius 3 is 2.68 bits per heavy atom. The van der Waals surface area contributed by atoms with Crippen molar-refractivity contribution in [1.29, 1.82) is 0 Å². The van der Waals surface area contributed by atoms with Crippen molar-refractivity contribution in [2.24, 2.45) is 0 Å². The van der Waals surface area contributed by atoms with Crippen LogP contribution in [0.2, 0.25) is 0 Å². The highest BCUT2D eigenvalue weighted by Gasteiger charge is 2.36. The van der Waals surface area contributed by atoms with Crippen molar-refractivity contribution in [3.05, 3.63) is 45.7 Å². The standard InChI is InChI=1S/C15H16BrNO3S2/c1-15(2)9-11(10-5-3-4-6-12(10)20-15)17-22(18,19)14-8-7-13(16)21-14/h3-8,11,17H,9H2,1-2H3/t11-/m1/s1. The van der Waals surface area contributed by atoms with Gasteiger partial charge in [-0.25, -0.2) is 13.1 Å². The molecule has 2 aromatic rings. The minimum absolute atomic E-state index is 0.300. The molecule has 0 saturated carbocycles. The first kappa shape index (κ1) is 16.0. The van der Waals surface area contributed by atoms with Crippen molar-refractivity contribution in [2.45, 2.75) is 36.1 Å². The Bertz CT molecular complexity index is 799. The lowest BCUT2D eigenvalue weighted by Gasteiger charge is -2.37. The van der Waals surface area contributed by atoms with Crippen LogP contribution in [0.1, 0.15) is 31.9 Å². The van der Waals surface area contributed by atoms with E-state index in [2.05, 4.69) is 20.7 Å². The fourth-order valence-electron chi connectivity index (χ4n) is 2.59. The van der Waals surface area contributed by atoms with Crippen LogP contribution in [0.4, 0.5) is 0 Å². The molecular weight excluding hydrogens is 386 g/mol. The Hall–Kier alpha value is -0.890. The maximum atomic E-state index is 12.6. The van der Waals surface area contributed by atoms with Crippen LogP contribution < -0.4 is 9.46 Å². The van der Waals surface area contributed by atoms with Crippen LogP contribution in [0.3, 0.4) is 0 Å². The zero-order valence-corrected chi connectivity index (χ0v) is 15.4. The zero-order valence-electron chi connectivity index (χ0n) is 12.2. The highest BCUT2D eigenvalue weighted by molar-refractivity contribution is 9.11. The van der Waals surface area contributed by atoms with E-state index in [1.165, 1.54) is 11.3 Å². The molecule has 1 N–H and O–H groups in total. The van der Waals surface area contributed by atoms with Crippen molar-refractivity contribution in [2.75, 3.05) is 0 Å². The molecule has 118 valence electrons. The number of ether oxygens (including phenoxy) is 1. The number of hydrogen-bond donors (Lipinski definition) is 1. The number of hydrogen-bond acceptors (Lipinski definition) is 4. The quantitative estimate of drug-likeness (QED) is 0.842. The number of para-hydroxylation sites is 1. The van der Waals surface area contributed by atoms with Gasteiger partial charge in [0, 0.05) is 12.0 Å². The number of thiophene rings is 1. The van der Waals surface area contributed by atoms with Gasteiger partial charge in [0.05, 0.1) is 9.83 Å². The van der Waals surface area contributed by atoms with E-state index in [4.69, 9.17) is 4.74 Å². The van der Waals surface area contributed by atoms with E-state index in [-0.39, 0.29) is 6.04 Å². The topological polar surface area (TPSA) is 55.4 Å². The van der Waals surface area contributed by atoms with Crippen molar-refractivity contribution in [3.63, 3.8) is 0 Å². The molecule has 0 radical (unpaired) electrons. The highest BCUT2D eigenvalue weighted by atomic mass is 79.9. The smallest absolute Gasteiger partial charge is 0.250 e. The number of rotatable bonds is 3. The van der Waals surface area contributed by atoms with Gasteiger partial charge in [0.2, 0.25) is 0 Å². The van der Waals surface area contributed by atoms with Crippen molar-refractivity contribution in [1.82, 2.24) is 4.72 Å². The monoisotopic (exact) mass is 401 g/mol. The SMILES string of the molecule is CC1(C)C[C@@H](NS(=O)(=O)c2ccc(Br)s2)c2ccccc2O1. The maximum Gasteiger partial charge on any atom is 0.250 e. The minimum Gasteiger partial charge on any atom is -0.487 e. The van der Waals surface area contributed by atoms with Crippen LogP contribution in [0, 0.1) is 0 Å². The predicted octanol–water partition coefficient (Wildman–Crippen LogP) is 4.09. The van der Waals surface area contributed by atoms with E-state index < -0.39 is 15.6 Å². The third kappa shape index (κ3) is 3.22. The van der Waals surface area contributed by atoms with Gasteiger partial charge in [0.1, 0.15) is 15.6 Å². The van der Waals surface area contributed by atoms with Crippen LogP contribution in [0.5, 0.6) is 5.75 Å². The summed E-state index contributed by atoms with van der Waals surface area (Å²) in [7, 11) is -3.55. The molecule has 7 heteroatoms. The Kier molecular flexibility index (Phi) is 4.09. The molecule has 0 bridgehead atoms. The Morgan fingerprint density at radius 2 is 2.00 bits per heavy atom. The number of fused-ring (bicyclic) bond motifs is 1. The maximum absolute atomic E-state index is 12.6. The summed E-state index contributed by atoms with van der Waals surface area (Å²) in [6.45, 7) is 3.93. The summed E-state index contributed by atoms with van der Waals surface area (Å²) in [5.41, 5.74) is 0.457. The predicted molar refractivity (Wildman–Crippen MR) is 90.8 cm³/mol. The van der Waals surface area contributed by atoms with Crippen LogP contribution >= 0.6 is 27.3 Å². The van der Waals surface area contributed by atoms with E-state index in [9.17, 15) is 8.42 Å². The number of benzene rings is 1. The number of nitrogens with one attached hydrogen (secondary N) is 1. The third-order valence-electron chi connectivity index (χ3n) is 3.49. The molecule has 22 heavy (non-hydrogen) atoms. The first-order chi connectivity index (χ1) is 10.3. The summed E-state index contributed by atoms with van der Waals surface area (Å²) < 4.78 is 35.0. The fraction of sp³-hybridized carbons (Fsp3) is 0.333. The van der Waals surface area contributed by atoms with Crippen LogP contribution in [0.25, 0.3) is 0 Å². The third-order valence-corrected chi connectivity index (χ3v) is 7.07. The normalized spacial score (nSPS) is 20.2. The Morgan fingerprint density at radius 1 is 1.27 bits per heavy atom. The summed E-state index contributed by atoms with van der Waals surface area (Å²) in [5, 5.41) is 0. The zero-order chi connectivity index (χ0) is 16.0. The largest absolute Gasteiger partial charge is 0.487 e. The van der Waals surface area contributed by atoms with E-state index in [1.54, 1.807) is 12.1 Å². The highest BCUT2D eigenvalue weighted by Crippen LogP contribution is 2.40. The van der Waals surface area contributed by atoms with Crippen LogP contribution in [-0.4, -0.2) is 14.0 Å². The molecule has 1 aliphatic rings. The lowest BCUT2D eigenvalue weighted by atomic mass is 9.90. The average Bonchev–Trinajstić information content (AvgIpc) is 2.84. The molecule has 0 unspecified atom stereocenters. The first-order valence-corrected chi connectivity index (χ1v) is 9.92. The van der Waals surface area contributed by atoms with Gasteiger partial charge in [-0.2, -0.15) is 0 Å². The second-order valence-corrected chi connectivity index (χ2v) is 10.2. The number of halogens is 1. The van der Waals surface area contributed by atoms with E-state index >= 15 is 0 Å². The summed E-state index contributed by atoms with van der Waals surface area (Å²) in [4.78, 5) is 0. The molecule has 0 amide bonds. The molecule has 1 aromatic carbocycles. The summed E-state index contributed by atoms with van der Waals surface area (Å²) in [6, 6.07) is 10.6. The fourth-order valence-corrected chi connectivity index (χ4v) is 5.84. The van der Waals surface area contributed by atoms with Gasteiger partial charge in [-0.1, -0.05) is 18.2 Å². The molecule has 2 heterocycles. The summed E-state index contributed by atoms with van der Waals surface area (Å²) >= 11 is 4.50. The van der Waals surface area contributed by atoms with Crippen LogP contribution in [-0.2, 0) is 10.0 Å². The molecule has 1 atom stereocenters. The molecule has 1 aliphatic heterocycles. The molecule has 4 nitrogen and oxygen atoms in total. The molecule has 1 aromatic heterocycles. The van der Waals surface area contributed by atoms with Gasteiger partial charge in [-0.05, 0) is 48.0 Å². The Labute approximate surface area is 142 Å². The molecule has 0 fully saturated rings. The summed E-state index contributed by atoms with van der Waals surface area (Å²) in [5.74, 6) is 0.735. The van der Waals surface area contributed by atoms with Gasteiger partial charge < -0.3 is 4.74 Å². The first-order valence-electron chi connectivity index (χ1n) is 6.82. The molecule has 0 aliphatic carbocycles. The van der Waals surface area contributed by atoms with E-state index in [0.717, 1.165) is 15.1 Å². The summed E-state index contributed by atoms with van der Waals surface area (Å²) in [6.07, 6.45) is 0.579. The van der Waals surface area contributed by atoms with Gasteiger partial charge in [-0.15, -0.1) is 11.3 Å². The second-order valence-electron chi connectivity index (χ2n) is 5.84. The minimum atomic E-state index is -3.55. The van der Waals surface area contributed by atoms with Gasteiger partial charge in [0.15, 0.2) is 0 Å². The lowest BCUT2D eigenvalue weighted by molar-refractivity contribution is 0.0702. The molecule has 0 saturated heterocycles. The molecule has 3 rings (SSSR count). The molecular formula is C15H16BrNO3S2. The second kappa shape index (κ2) is 5.63. The van der Waals surface area contributed by atoms with Crippen LogP contribution in [0.15, 0.2) is 44.4 Å². The van der Waals surface area contributed by atoms with Crippen molar-refractivity contribution in [3.8, 4) is 5.75 Å². The van der Waals surface area contributed by atoms with Gasteiger partial charge in [0.25, 0.3) is 10.0 Å². The Balaban J connectivity index is 1.95. The van der Waals surface area contributed by atoms with Crippen molar-refractivity contribution < 1.29 is 13.2 Å².